The molecule has 0 aromatic heterocycles. The Morgan fingerprint density at radius 2 is 1.79 bits per heavy atom. The number of aliphatic hydroxyl groups is 4. The van der Waals surface area contributed by atoms with E-state index in [4.69, 9.17) is 10.8 Å². The van der Waals surface area contributed by atoms with Crippen molar-refractivity contribution in [2.24, 2.45) is 17.6 Å². The zero-order valence-corrected chi connectivity index (χ0v) is 26.9. The van der Waals surface area contributed by atoms with Gasteiger partial charge in [-0.25, -0.2) is 4.79 Å². The fourth-order valence-corrected chi connectivity index (χ4v) is 6.88. The Labute approximate surface area is 270 Å². The minimum atomic E-state index is -2.79. The molecule has 4 rings (SSSR count). The number of hydrogen-bond donors (Lipinski definition) is 7. The van der Waals surface area contributed by atoms with E-state index < -0.39 is 89.1 Å². The van der Waals surface area contributed by atoms with Crippen LogP contribution >= 0.6 is 0 Å². The number of nitrogens with zero attached hydrogens (tertiary/aromatic N) is 3. The van der Waals surface area contributed by atoms with Crippen molar-refractivity contribution >= 4 is 46.6 Å². The van der Waals surface area contributed by atoms with Crippen LogP contribution in [0.2, 0.25) is 0 Å². The van der Waals surface area contributed by atoms with E-state index >= 15 is 0 Å². The number of phenolic OH excluding ortho intramolecular Hbond substituents is 1. The lowest BCUT2D eigenvalue weighted by Gasteiger charge is -2.50. The molecule has 0 heterocycles. The first-order chi connectivity index (χ1) is 22.0. The van der Waals surface area contributed by atoms with Crippen LogP contribution < -0.4 is 16.0 Å². The molecule has 47 heavy (non-hydrogen) atoms. The highest BCUT2D eigenvalue weighted by Crippen LogP contribution is 2.54. The summed E-state index contributed by atoms with van der Waals surface area (Å²) in [6.45, 7) is 0.664. The molecule has 1 aromatic carbocycles. The number of phenols is 1. The van der Waals surface area contributed by atoms with Gasteiger partial charge in [0.2, 0.25) is 11.7 Å². The van der Waals surface area contributed by atoms with Crippen LogP contribution in [0.5, 0.6) is 5.75 Å². The van der Waals surface area contributed by atoms with Crippen molar-refractivity contribution in [3.63, 3.8) is 0 Å². The Hall–Kier alpha value is -4.67. The summed E-state index contributed by atoms with van der Waals surface area (Å²) in [5, 5.41) is 57.4. The third-order valence-corrected chi connectivity index (χ3v) is 9.02. The summed E-state index contributed by atoms with van der Waals surface area (Å²) in [6, 6.07) is 0.257. The summed E-state index contributed by atoms with van der Waals surface area (Å²) in [5.41, 5.74) is 1.84. The zero-order chi connectivity index (χ0) is 35.1. The molecule has 256 valence electrons. The van der Waals surface area contributed by atoms with Crippen molar-refractivity contribution < 1.29 is 54.2 Å². The molecule has 8 N–H and O–H groups in total. The van der Waals surface area contributed by atoms with Crippen molar-refractivity contribution in [3.8, 4) is 5.75 Å². The molecule has 0 unspecified atom stereocenters. The molecule has 0 saturated heterocycles. The number of amides is 3. The number of Topliss-reactive ketones (excluding diaryl/α,β-unsaturated/α-hetero) is 2. The predicted octanol–water partition coefficient (Wildman–Crippen LogP) is 0.157. The van der Waals surface area contributed by atoms with E-state index in [1.165, 1.54) is 25.1 Å². The maximum Gasteiger partial charge on any atom is 0.412 e. The Kier molecular flexibility index (Phi) is 9.89. The van der Waals surface area contributed by atoms with E-state index in [1.807, 2.05) is 6.92 Å². The van der Waals surface area contributed by atoms with Gasteiger partial charge < -0.3 is 46.2 Å². The van der Waals surface area contributed by atoms with Gasteiger partial charge in [0.15, 0.2) is 18.2 Å². The molecule has 3 amide bonds. The first kappa shape index (κ1) is 35.2. The maximum absolute atomic E-state index is 14.1. The van der Waals surface area contributed by atoms with Crippen LogP contribution in [-0.2, 0) is 30.3 Å². The molecule has 0 bridgehead atoms. The molecular weight excluding hydrogens is 618 g/mol. The average molecular weight is 660 g/mol. The molecule has 1 aromatic rings. The number of ketones is 2. The van der Waals surface area contributed by atoms with Crippen LogP contribution in [0.15, 0.2) is 23.0 Å². The fraction of sp³-hybridized carbons (Fsp3) is 0.516. The van der Waals surface area contributed by atoms with Gasteiger partial charge in [-0.05, 0) is 50.9 Å². The minimum absolute atomic E-state index is 0.0572. The topological polar surface area (TPSA) is 244 Å². The lowest BCUT2D eigenvalue weighted by molar-refractivity contribution is -0.153. The summed E-state index contributed by atoms with van der Waals surface area (Å²) < 4.78 is 4.62. The second-order valence-corrected chi connectivity index (χ2v) is 12.4. The predicted molar refractivity (Wildman–Crippen MR) is 167 cm³/mol. The summed E-state index contributed by atoms with van der Waals surface area (Å²) in [5.74, 6) is -8.59. The van der Waals surface area contributed by atoms with Gasteiger partial charge in [0.25, 0.3) is 5.91 Å². The van der Waals surface area contributed by atoms with Crippen molar-refractivity contribution in [1.82, 2.24) is 9.80 Å². The molecule has 3 aliphatic carbocycles. The fourth-order valence-electron chi connectivity index (χ4n) is 6.88. The van der Waals surface area contributed by atoms with Crippen molar-refractivity contribution in [3.05, 3.63) is 34.1 Å². The number of aliphatic hydroxyl groups excluding tert-OH is 3. The molecular formula is C31H41N5O11. The molecule has 0 aliphatic heterocycles. The van der Waals surface area contributed by atoms with Crippen molar-refractivity contribution in [2.45, 2.75) is 44.2 Å². The maximum atomic E-state index is 14.1. The first-order valence-corrected chi connectivity index (χ1v) is 15.1. The Morgan fingerprint density at radius 1 is 1.13 bits per heavy atom. The number of unbranched alkanes of at least 4 members (excludes halogenated alkanes) is 1. The number of carbonyl (C=O) groups is 5. The number of ether oxygens (including phenoxy) is 1. The number of nitrogens with two attached hydrogens (primary N) is 1. The van der Waals surface area contributed by atoms with Gasteiger partial charge in [0.05, 0.1) is 17.3 Å². The van der Waals surface area contributed by atoms with Gasteiger partial charge >= 0.3 is 6.09 Å². The quantitative estimate of drug-likeness (QED) is 0.101. The lowest BCUT2D eigenvalue weighted by atomic mass is 9.57. The summed E-state index contributed by atoms with van der Waals surface area (Å²) in [4.78, 5) is 69.2. The Morgan fingerprint density at radius 3 is 2.34 bits per heavy atom. The van der Waals surface area contributed by atoms with E-state index in [2.05, 4.69) is 10.1 Å². The molecule has 1 saturated carbocycles. The Bertz CT molecular complexity index is 1580. The molecule has 1 fully saturated rings. The highest BCUT2D eigenvalue weighted by atomic mass is 16.6. The minimum Gasteiger partial charge on any atom is -0.508 e. The van der Waals surface area contributed by atoms with Crippen molar-refractivity contribution in [2.75, 3.05) is 58.3 Å². The van der Waals surface area contributed by atoms with Crippen LogP contribution in [0.3, 0.4) is 0 Å². The normalized spacial score (nSPS) is 23.6. The number of likely N-dealkylation sites (N-methyl/N-ethyl adjacent to an activating group) is 1. The summed E-state index contributed by atoms with van der Waals surface area (Å²) >= 11 is 0. The number of rotatable bonds is 10. The monoisotopic (exact) mass is 659 g/mol. The van der Waals surface area contributed by atoms with Gasteiger partial charge in [0, 0.05) is 37.8 Å². The van der Waals surface area contributed by atoms with Crippen LogP contribution in [0.25, 0.3) is 5.76 Å². The number of carbonyl (C=O) groups excluding carboxylic acids is 5. The second kappa shape index (κ2) is 13.2. The Balaban J connectivity index is 1.82. The molecule has 16 nitrogen and oxygen atoms in total. The number of benzene rings is 1. The molecule has 4 atom stereocenters. The summed E-state index contributed by atoms with van der Waals surface area (Å²) in [6.07, 6.45) is 0.312. The van der Waals surface area contributed by atoms with Crippen LogP contribution in [0, 0.1) is 11.8 Å². The lowest BCUT2D eigenvalue weighted by Crippen LogP contribution is -2.65. The van der Waals surface area contributed by atoms with Gasteiger partial charge in [-0.1, -0.05) is 13.3 Å². The van der Waals surface area contributed by atoms with E-state index in [-0.39, 0.29) is 36.2 Å². The van der Waals surface area contributed by atoms with Crippen LogP contribution in [0.1, 0.15) is 37.3 Å². The number of fused-ring (bicyclic) bond motifs is 3. The standard InChI is InChI=1S/C31H41N5O11/c1-6-7-8-36(30(45)47-13-37)12-19(38)33-17-11-18(34(2)3)15-9-14-10-16-23(35(4)5)26(41)22(29(32)44)28(43)31(16,46)27(42)20(14)25(40)21(15)24(17)39/h11,14,16,23,37,39-40,43,46H,6-10,12-13H2,1-5H3,(H2,32,44)(H,33,38)/t14-,16-,23-,31-/m0/s1. The number of nitrogens with one attached hydrogen (secondary N) is 1. The highest BCUT2D eigenvalue weighted by molar-refractivity contribution is 6.24. The van der Waals surface area contributed by atoms with Gasteiger partial charge in [-0.2, -0.15) is 0 Å². The van der Waals surface area contributed by atoms with Crippen LogP contribution in [0.4, 0.5) is 16.2 Å². The number of primary amides is 1. The largest absolute Gasteiger partial charge is 0.508 e. The number of hydrogen-bond acceptors (Lipinski definition) is 13. The number of aromatic hydroxyl groups is 1. The van der Waals surface area contributed by atoms with Crippen molar-refractivity contribution in [1.29, 1.82) is 0 Å². The van der Waals surface area contributed by atoms with Gasteiger partial charge in [-0.3, -0.25) is 29.0 Å². The second-order valence-electron chi connectivity index (χ2n) is 12.4. The molecule has 16 heteroatoms. The molecule has 0 spiro atoms. The zero-order valence-electron chi connectivity index (χ0n) is 26.9. The first-order valence-electron chi connectivity index (χ1n) is 15.1. The smallest absolute Gasteiger partial charge is 0.412 e. The number of anilines is 2. The average Bonchev–Trinajstić information content (AvgIpc) is 2.98. The third-order valence-electron chi connectivity index (χ3n) is 9.02. The SMILES string of the molecule is CCCCN(CC(=O)Nc1cc(N(C)C)c2c(c1O)C(O)=C1C(=O)[C@]3(O)C(O)=C(C(N)=O)C(=O)[C@@H](N(C)C)[C@@H]3C[C@@H]1C2)C(=O)OCO. The highest BCUT2D eigenvalue weighted by Gasteiger charge is 2.64. The van der Waals surface area contributed by atoms with E-state index in [0.29, 0.717) is 24.1 Å². The molecule has 0 radical (unpaired) electrons. The van der Waals surface area contributed by atoms with E-state index in [0.717, 1.165) is 4.90 Å². The van der Waals surface area contributed by atoms with Crippen LogP contribution in [-0.4, -0.2) is 125 Å². The summed E-state index contributed by atoms with van der Waals surface area (Å²) in [7, 11) is 6.41. The van der Waals surface area contributed by atoms with Gasteiger partial charge in [0.1, 0.15) is 29.4 Å². The molecule has 3 aliphatic rings. The third kappa shape index (κ3) is 5.87. The van der Waals surface area contributed by atoms with E-state index in [1.54, 1.807) is 19.0 Å². The van der Waals surface area contributed by atoms with E-state index in [9.17, 15) is 44.4 Å². The van der Waals surface area contributed by atoms with Gasteiger partial charge in [-0.15, -0.1) is 0 Å².